The molecule has 176 valence electrons. The summed E-state index contributed by atoms with van der Waals surface area (Å²) < 4.78 is 45.1. The molecule has 1 atom stereocenters. The molecule has 1 saturated carbocycles. The van der Waals surface area contributed by atoms with Crippen LogP contribution in [0.5, 0.6) is 5.75 Å². The van der Waals surface area contributed by atoms with Crippen molar-refractivity contribution in [2.24, 2.45) is 11.8 Å². The number of piperidine rings is 1. The molecule has 0 radical (unpaired) electrons. The van der Waals surface area contributed by atoms with E-state index in [-0.39, 0.29) is 35.0 Å². The molecule has 3 rings (SSSR count). The number of hydrogen-bond acceptors (Lipinski definition) is 5. The summed E-state index contributed by atoms with van der Waals surface area (Å²) in [5, 5.41) is 2.33. The first-order valence-corrected chi connectivity index (χ1v) is 13.0. The summed E-state index contributed by atoms with van der Waals surface area (Å²) in [5.41, 5.74) is 0.0141. The molecule has 1 aromatic carbocycles. The van der Waals surface area contributed by atoms with E-state index in [1.165, 1.54) is 6.07 Å². The van der Waals surface area contributed by atoms with Gasteiger partial charge in [0.25, 0.3) is 0 Å². The van der Waals surface area contributed by atoms with Crippen LogP contribution in [0.4, 0.5) is 4.39 Å². The third-order valence-electron chi connectivity index (χ3n) is 6.02. The average molecular weight is 466 g/mol. The summed E-state index contributed by atoms with van der Waals surface area (Å²) >= 11 is 0. The van der Waals surface area contributed by atoms with Crippen LogP contribution in [-0.2, 0) is 24.8 Å². The minimum Gasteiger partial charge on any atom is -0.490 e. The molecule has 1 aromatic rings. The van der Waals surface area contributed by atoms with Gasteiger partial charge in [-0.2, -0.15) is 0 Å². The van der Waals surface area contributed by atoms with Crippen LogP contribution in [0.3, 0.4) is 0 Å². The quantitative estimate of drug-likeness (QED) is 0.398. The van der Waals surface area contributed by atoms with Crippen molar-refractivity contribution in [2.45, 2.75) is 57.8 Å². The minimum atomic E-state index is -3.39. The minimum absolute atomic E-state index is 0.0782. The van der Waals surface area contributed by atoms with Crippen molar-refractivity contribution in [1.29, 1.82) is 0 Å². The number of imide groups is 1. The molecule has 0 spiro atoms. The molecule has 1 saturated heterocycles. The van der Waals surface area contributed by atoms with Crippen LogP contribution >= 0.6 is 0 Å². The Labute approximate surface area is 189 Å². The highest BCUT2D eigenvalue weighted by Crippen LogP contribution is 2.33. The number of carbonyl (C=O) groups excluding carboxylic acids is 2. The predicted molar refractivity (Wildman–Crippen MR) is 121 cm³/mol. The zero-order valence-corrected chi connectivity index (χ0v) is 19.5. The third-order valence-corrected chi connectivity index (χ3v) is 7.88. The highest BCUT2D eigenvalue weighted by molar-refractivity contribution is 7.91. The largest absolute Gasteiger partial charge is 0.490 e. The zero-order valence-electron chi connectivity index (χ0n) is 18.7. The number of carbonyl (C=O) groups is 2. The van der Waals surface area contributed by atoms with E-state index >= 15 is 0 Å². The van der Waals surface area contributed by atoms with Gasteiger partial charge in [-0.15, -0.1) is 0 Å². The Kier molecular flexibility index (Phi) is 7.75. The van der Waals surface area contributed by atoms with Crippen LogP contribution < -0.4 is 10.1 Å². The molecule has 1 heterocycles. The number of nitrogens with one attached hydrogen (secondary N) is 1. The Morgan fingerprint density at radius 3 is 2.62 bits per heavy atom. The SMILES string of the molecule is CC(C)(CS(=O)(=O)C/C=C/CCC1CCC(=O)NC1=O)c1ccc(F)c(OCC2CC2)c1. The number of benzene rings is 1. The molecular formula is C24H32FNO5S. The fraction of sp³-hybridized carbons (Fsp3) is 0.583. The summed E-state index contributed by atoms with van der Waals surface area (Å²) in [4.78, 5) is 22.9. The highest BCUT2D eigenvalue weighted by Gasteiger charge is 2.29. The van der Waals surface area contributed by atoms with E-state index in [1.54, 1.807) is 24.3 Å². The molecule has 1 aliphatic heterocycles. The van der Waals surface area contributed by atoms with Gasteiger partial charge in [-0.05, 0) is 55.7 Å². The Bertz CT molecular complexity index is 982. The zero-order chi connectivity index (χ0) is 23.4. The topological polar surface area (TPSA) is 89.5 Å². The van der Waals surface area contributed by atoms with E-state index in [0.717, 1.165) is 18.4 Å². The molecule has 1 aliphatic carbocycles. The highest BCUT2D eigenvalue weighted by atomic mass is 32.2. The molecule has 8 heteroatoms. The van der Waals surface area contributed by atoms with Gasteiger partial charge in [0.2, 0.25) is 11.8 Å². The molecular weight excluding hydrogens is 433 g/mol. The van der Waals surface area contributed by atoms with Gasteiger partial charge in [0.1, 0.15) is 0 Å². The second-order valence-electron chi connectivity index (χ2n) is 9.53. The van der Waals surface area contributed by atoms with E-state index < -0.39 is 21.1 Å². The Morgan fingerprint density at radius 1 is 1.19 bits per heavy atom. The van der Waals surface area contributed by atoms with E-state index in [1.807, 2.05) is 13.8 Å². The van der Waals surface area contributed by atoms with Crippen molar-refractivity contribution in [2.75, 3.05) is 18.1 Å². The van der Waals surface area contributed by atoms with Crippen LogP contribution in [0.1, 0.15) is 57.9 Å². The van der Waals surface area contributed by atoms with Crippen LogP contribution in [-0.4, -0.2) is 38.3 Å². The number of hydrogen-bond donors (Lipinski definition) is 1. The van der Waals surface area contributed by atoms with Gasteiger partial charge in [0.05, 0.1) is 18.1 Å². The van der Waals surface area contributed by atoms with Crippen LogP contribution in [0.15, 0.2) is 30.4 Å². The van der Waals surface area contributed by atoms with Crippen molar-refractivity contribution < 1.29 is 27.1 Å². The van der Waals surface area contributed by atoms with Gasteiger partial charge in [-0.1, -0.05) is 32.1 Å². The Hall–Kier alpha value is -2.22. The van der Waals surface area contributed by atoms with Gasteiger partial charge >= 0.3 is 0 Å². The van der Waals surface area contributed by atoms with E-state index in [2.05, 4.69) is 5.32 Å². The number of ether oxygens (including phenoxy) is 1. The first-order chi connectivity index (χ1) is 15.1. The van der Waals surface area contributed by atoms with Crippen molar-refractivity contribution in [3.63, 3.8) is 0 Å². The standard InChI is InChI=1S/C24H32FNO5S/c1-24(2,19-10-11-20(25)21(14-19)31-15-17-7-8-17)16-32(29,30)13-5-3-4-6-18-9-12-22(27)26-23(18)28/h3,5,10-11,14,17-18H,4,6-9,12-13,15-16H2,1-2H3,(H,26,27,28)/b5-3+. The van der Waals surface area contributed by atoms with Gasteiger partial charge in [0.15, 0.2) is 21.4 Å². The third kappa shape index (κ3) is 7.15. The maximum Gasteiger partial charge on any atom is 0.229 e. The maximum atomic E-state index is 14.1. The number of amides is 2. The Morgan fingerprint density at radius 2 is 1.94 bits per heavy atom. The smallest absolute Gasteiger partial charge is 0.229 e. The van der Waals surface area contributed by atoms with E-state index in [4.69, 9.17) is 4.74 Å². The molecule has 6 nitrogen and oxygen atoms in total. The van der Waals surface area contributed by atoms with Crippen molar-refractivity contribution >= 4 is 21.7 Å². The lowest BCUT2D eigenvalue weighted by molar-refractivity contribution is -0.136. The van der Waals surface area contributed by atoms with Crippen molar-refractivity contribution in [3.05, 3.63) is 41.7 Å². The lowest BCUT2D eigenvalue weighted by atomic mass is 9.86. The molecule has 0 bridgehead atoms. The number of halogens is 1. The molecule has 2 aliphatic rings. The first-order valence-electron chi connectivity index (χ1n) is 11.2. The molecule has 32 heavy (non-hydrogen) atoms. The van der Waals surface area contributed by atoms with E-state index in [9.17, 15) is 22.4 Å². The fourth-order valence-corrected chi connectivity index (χ4v) is 5.68. The monoisotopic (exact) mass is 465 g/mol. The summed E-state index contributed by atoms with van der Waals surface area (Å²) in [6.07, 6.45) is 7.64. The normalized spacial score (nSPS) is 19.9. The van der Waals surface area contributed by atoms with Gasteiger partial charge in [-0.25, -0.2) is 12.8 Å². The second kappa shape index (κ2) is 10.1. The summed E-state index contributed by atoms with van der Waals surface area (Å²) in [6, 6.07) is 4.56. The fourth-order valence-electron chi connectivity index (χ4n) is 3.86. The summed E-state index contributed by atoms with van der Waals surface area (Å²) in [7, 11) is -3.39. The average Bonchev–Trinajstić information content (AvgIpc) is 3.52. The summed E-state index contributed by atoms with van der Waals surface area (Å²) in [5.74, 6) is -0.637. The first kappa shape index (κ1) is 24.4. The maximum absolute atomic E-state index is 14.1. The van der Waals surface area contributed by atoms with Crippen molar-refractivity contribution in [1.82, 2.24) is 5.32 Å². The van der Waals surface area contributed by atoms with Crippen molar-refractivity contribution in [3.8, 4) is 5.75 Å². The number of allylic oxidation sites excluding steroid dienone is 1. The lowest BCUT2D eigenvalue weighted by Gasteiger charge is -2.25. The van der Waals surface area contributed by atoms with Gasteiger partial charge < -0.3 is 4.74 Å². The van der Waals surface area contributed by atoms with Gasteiger partial charge in [-0.3, -0.25) is 14.9 Å². The molecule has 2 fully saturated rings. The molecule has 0 aromatic heterocycles. The predicted octanol–water partition coefficient (Wildman–Crippen LogP) is 3.70. The summed E-state index contributed by atoms with van der Waals surface area (Å²) in [6.45, 7) is 4.15. The van der Waals surface area contributed by atoms with Crippen LogP contribution in [0.2, 0.25) is 0 Å². The van der Waals surface area contributed by atoms with Crippen LogP contribution in [0.25, 0.3) is 0 Å². The number of rotatable bonds is 11. The van der Waals surface area contributed by atoms with Gasteiger partial charge in [0, 0.05) is 17.8 Å². The lowest BCUT2D eigenvalue weighted by Crippen LogP contribution is -2.40. The molecule has 1 unspecified atom stereocenters. The van der Waals surface area contributed by atoms with Crippen LogP contribution in [0, 0.1) is 17.7 Å². The molecule has 2 amide bonds. The Balaban J connectivity index is 1.51. The van der Waals surface area contributed by atoms with E-state index in [0.29, 0.717) is 38.2 Å². The second-order valence-corrected chi connectivity index (χ2v) is 11.6. The number of sulfone groups is 1. The molecule has 1 N–H and O–H groups in total.